The van der Waals surface area contributed by atoms with E-state index in [4.69, 9.17) is 6.42 Å². The summed E-state index contributed by atoms with van der Waals surface area (Å²) in [6.45, 7) is 3.57. The van der Waals surface area contributed by atoms with Gasteiger partial charge in [-0.15, -0.1) is 6.42 Å². The Hall–Kier alpha value is -1.82. The quantitative estimate of drug-likeness (QED) is 0.357. The largest absolute Gasteiger partial charge is 0.285 e. The molecule has 0 saturated heterocycles. The normalized spacial score (nSPS) is 9.00. The molecule has 3 heteroatoms. The summed E-state index contributed by atoms with van der Waals surface area (Å²) < 4.78 is 0. The summed E-state index contributed by atoms with van der Waals surface area (Å²) in [7, 11) is 0. The molecule has 12 heavy (non-hydrogen) atoms. The molecule has 0 heterocycles. The molecule has 0 spiro atoms. The second-order valence-electron chi connectivity index (χ2n) is 2.25. The molecule has 59 valence electrons. The van der Waals surface area contributed by atoms with Crippen LogP contribution in [-0.2, 0) is 0 Å². The van der Waals surface area contributed by atoms with Gasteiger partial charge in [0.1, 0.15) is 5.56 Å². The van der Waals surface area contributed by atoms with Crippen LogP contribution >= 0.6 is 0 Å². The molecular formula is C9H6NO2. The van der Waals surface area contributed by atoms with Crippen LogP contribution in [0.4, 0.5) is 5.69 Å². The van der Waals surface area contributed by atoms with Gasteiger partial charge in [0.05, 0.1) is 4.92 Å². The summed E-state index contributed by atoms with van der Waals surface area (Å²) in [6.07, 6.45) is 5.06. The first-order valence-corrected chi connectivity index (χ1v) is 3.22. The molecule has 0 unspecified atom stereocenters. The van der Waals surface area contributed by atoms with Gasteiger partial charge in [0.15, 0.2) is 0 Å². The van der Waals surface area contributed by atoms with Crippen molar-refractivity contribution in [3.63, 3.8) is 0 Å². The van der Waals surface area contributed by atoms with Crippen molar-refractivity contribution in [3.8, 4) is 12.3 Å². The van der Waals surface area contributed by atoms with E-state index in [0.29, 0.717) is 5.56 Å². The van der Waals surface area contributed by atoms with Crippen LogP contribution < -0.4 is 0 Å². The number of nitro groups is 1. The average Bonchev–Trinajstić information content (AvgIpc) is 2.04. The van der Waals surface area contributed by atoms with E-state index in [9.17, 15) is 10.1 Å². The highest BCUT2D eigenvalue weighted by Gasteiger charge is 2.10. The van der Waals surface area contributed by atoms with Crippen LogP contribution in [0.2, 0.25) is 0 Å². The molecule has 0 aliphatic heterocycles. The van der Waals surface area contributed by atoms with Gasteiger partial charge in [0.25, 0.3) is 5.69 Å². The highest BCUT2D eigenvalue weighted by molar-refractivity contribution is 5.52. The number of benzene rings is 1. The molecule has 0 saturated carbocycles. The third-order valence-electron chi connectivity index (χ3n) is 1.41. The maximum atomic E-state index is 10.4. The van der Waals surface area contributed by atoms with Gasteiger partial charge in [0.2, 0.25) is 0 Å². The summed E-state index contributed by atoms with van der Waals surface area (Å²) >= 11 is 0. The van der Waals surface area contributed by atoms with Gasteiger partial charge in [-0.25, -0.2) is 0 Å². The van der Waals surface area contributed by atoms with Crippen molar-refractivity contribution >= 4 is 5.69 Å². The van der Waals surface area contributed by atoms with Gasteiger partial charge in [-0.1, -0.05) is 12.0 Å². The standard InChI is InChI=1S/C9H6NO2/c1-3-8-5-4-7(2)6-9(8)10(11)12/h1,4-6H,2H2. The highest BCUT2D eigenvalue weighted by atomic mass is 16.6. The van der Waals surface area contributed by atoms with Crippen LogP contribution in [0, 0.1) is 29.4 Å². The minimum atomic E-state index is -0.510. The van der Waals surface area contributed by atoms with Gasteiger partial charge < -0.3 is 0 Å². The van der Waals surface area contributed by atoms with Crippen LogP contribution in [0.1, 0.15) is 11.1 Å². The van der Waals surface area contributed by atoms with E-state index in [1.165, 1.54) is 12.1 Å². The fourth-order valence-corrected chi connectivity index (χ4v) is 0.850. The Morgan fingerprint density at radius 3 is 2.75 bits per heavy atom. The number of terminal acetylenes is 1. The predicted molar refractivity (Wildman–Crippen MR) is 45.5 cm³/mol. The Labute approximate surface area is 70.2 Å². The fraction of sp³-hybridized carbons (Fsp3) is 0. The molecule has 0 aromatic heterocycles. The number of hydrogen-bond donors (Lipinski definition) is 0. The van der Waals surface area contributed by atoms with Crippen molar-refractivity contribution < 1.29 is 4.92 Å². The Kier molecular flexibility index (Phi) is 2.11. The second-order valence-corrected chi connectivity index (χ2v) is 2.25. The second kappa shape index (κ2) is 3.05. The topological polar surface area (TPSA) is 43.1 Å². The SMILES string of the molecule is C#Cc1ccc([CH2])cc1[N+](=O)[O-]. The van der Waals surface area contributed by atoms with E-state index in [2.05, 4.69) is 12.8 Å². The predicted octanol–water partition coefficient (Wildman–Crippen LogP) is 1.76. The summed E-state index contributed by atoms with van der Waals surface area (Å²) in [5.74, 6) is 2.23. The Morgan fingerprint density at radius 2 is 2.25 bits per heavy atom. The van der Waals surface area contributed by atoms with E-state index < -0.39 is 4.92 Å². The molecule has 0 bridgehead atoms. The first-order valence-electron chi connectivity index (χ1n) is 3.22. The molecule has 1 aromatic rings. The zero-order chi connectivity index (χ0) is 9.14. The summed E-state index contributed by atoms with van der Waals surface area (Å²) in [6, 6.07) is 4.51. The lowest BCUT2D eigenvalue weighted by atomic mass is 10.1. The smallest absolute Gasteiger partial charge is 0.258 e. The lowest BCUT2D eigenvalue weighted by molar-refractivity contribution is -0.385. The first-order chi connectivity index (χ1) is 5.65. The minimum absolute atomic E-state index is 0.0648. The molecule has 0 amide bonds. The van der Waals surface area contributed by atoms with Crippen molar-refractivity contribution in [3.05, 3.63) is 46.4 Å². The summed E-state index contributed by atoms with van der Waals surface area (Å²) in [5.41, 5.74) is 0.804. The molecule has 0 atom stereocenters. The Morgan fingerprint density at radius 1 is 1.58 bits per heavy atom. The summed E-state index contributed by atoms with van der Waals surface area (Å²) in [4.78, 5) is 9.91. The Balaban J connectivity index is 3.34. The van der Waals surface area contributed by atoms with Gasteiger partial charge in [-0.2, -0.15) is 0 Å². The molecular weight excluding hydrogens is 154 g/mol. The van der Waals surface area contributed by atoms with Crippen LogP contribution in [0.25, 0.3) is 0 Å². The maximum absolute atomic E-state index is 10.4. The third kappa shape index (κ3) is 1.43. The highest BCUT2D eigenvalue weighted by Crippen LogP contribution is 2.18. The van der Waals surface area contributed by atoms with Crippen LogP contribution in [0.15, 0.2) is 18.2 Å². The average molecular weight is 160 g/mol. The van der Waals surface area contributed by atoms with Gasteiger partial charge in [-0.05, 0) is 18.6 Å². The van der Waals surface area contributed by atoms with Crippen LogP contribution in [0.3, 0.4) is 0 Å². The molecule has 1 rings (SSSR count). The molecule has 1 radical (unpaired) electrons. The van der Waals surface area contributed by atoms with E-state index in [0.717, 1.165) is 0 Å². The van der Waals surface area contributed by atoms with Crippen LogP contribution in [-0.4, -0.2) is 4.92 Å². The number of rotatable bonds is 1. The zero-order valence-corrected chi connectivity index (χ0v) is 6.28. The van der Waals surface area contributed by atoms with E-state index in [1.807, 2.05) is 0 Å². The lowest BCUT2D eigenvalue weighted by Crippen LogP contribution is -1.92. The fourth-order valence-electron chi connectivity index (χ4n) is 0.850. The van der Waals surface area contributed by atoms with Crippen molar-refractivity contribution in [1.29, 1.82) is 0 Å². The number of hydrogen-bond acceptors (Lipinski definition) is 2. The van der Waals surface area contributed by atoms with Gasteiger partial charge in [-0.3, -0.25) is 10.1 Å². The maximum Gasteiger partial charge on any atom is 0.285 e. The molecule has 0 aliphatic rings. The van der Waals surface area contributed by atoms with Crippen molar-refractivity contribution in [2.24, 2.45) is 0 Å². The van der Waals surface area contributed by atoms with E-state index in [-0.39, 0.29) is 11.3 Å². The molecule has 1 aromatic carbocycles. The molecule has 0 fully saturated rings. The number of nitrogens with zero attached hydrogens (tertiary/aromatic N) is 1. The van der Waals surface area contributed by atoms with Gasteiger partial charge in [0, 0.05) is 6.07 Å². The summed E-state index contributed by atoms with van der Waals surface area (Å²) in [5, 5.41) is 10.4. The third-order valence-corrected chi connectivity index (χ3v) is 1.41. The van der Waals surface area contributed by atoms with E-state index >= 15 is 0 Å². The lowest BCUT2D eigenvalue weighted by Gasteiger charge is -1.95. The minimum Gasteiger partial charge on any atom is -0.258 e. The Bertz CT molecular complexity index is 363. The first kappa shape index (κ1) is 8.28. The van der Waals surface area contributed by atoms with Crippen molar-refractivity contribution in [2.75, 3.05) is 0 Å². The van der Waals surface area contributed by atoms with Crippen molar-refractivity contribution in [1.82, 2.24) is 0 Å². The molecule has 0 N–H and O–H groups in total. The zero-order valence-electron chi connectivity index (χ0n) is 6.28. The molecule has 3 nitrogen and oxygen atoms in total. The number of nitro benzene ring substituents is 1. The van der Waals surface area contributed by atoms with E-state index in [1.54, 1.807) is 6.07 Å². The van der Waals surface area contributed by atoms with Crippen molar-refractivity contribution in [2.45, 2.75) is 0 Å². The molecule has 0 aliphatic carbocycles. The monoisotopic (exact) mass is 160 g/mol. The van der Waals surface area contributed by atoms with Gasteiger partial charge >= 0.3 is 0 Å². The van der Waals surface area contributed by atoms with Crippen LogP contribution in [0.5, 0.6) is 0 Å².